The standard InChI is InChI=1S/C18H23N3O3/c1-14-13-20(11-12-24-14)17(22)7-8-18(23)21-10-9-16(19-21)15-5-3-2-4-6-15/h2-6,14H,7-13H2,1H3. The second-order valence-corrected chi connectivity index (χ2v) is 6.20. The van der Waals surface area contributed by atoms with E-state index in [1.54, 1.807) is 4.90 Å². The molecule has 6 nitrogen and oxygen atoms in total. The number of carbonyl (C=O) groups excluding carboxylic acids is 2. The fourth-order valence-corrected chi connectivity index (χ4v) is 3.02. The highest BCUT2D eigenvalue weighted by molar-refractivity contribution is 6.02. The van der Waals surface area contributed by atoms with Gasteiger partial charge in [-0.25, -0.2) is 5.01 Å². The molecular weight excluding hydrogens is 306 g/mol. The molecule has 24 heavy (non-hydrogen) atoms. The number of carbonyl (C=O) groups is 2. The third-order valence-corrected chi connectivity index (χ3v) is 4.34. The molecule has 0 aliphatic carbocycles. The molecule has 0 spiro atoms. The molecule has 2 amide bonds. The lowest BCUT2D eigenvalue weighted by Gasteiger charge is -2.31. The molecule has 3 rings (SSSR count). The molecule has 0 bridgehead atoms. The van der Waals surface area contributed by atoms with Crippen LogP contribution in [0.5, 0.6) is 0 Å². The Morgan fingerprint density at radius 3 is 2.67 bits per heavy atom. The van der Waals surface area contributed by atoms with Gasteiger partial charge >= 0.3 is 0 Å². The Labute approximate surface area is 142 Å². The van der Waals surface area contributed by atoms with Crippen LogP contribution in [0.25, 0.3) is 0 Å². The smallest absolute Gasteiger partial charge is 0.243 e. The summed E-state index contributed by atoms with van der Waals surface area (Å²) in [6, 6.07) is 9.88. The van der Waals surface area contributed by atoms with E-state index in [0.29, 0.717) is 26.2 Å². The SMILES string of the molecule is CC1CN(C(=O)CCC(=O)N2CCC(c3ccccc3)=N2)CCO1. The van der Waals surface area contributed by atoms with E-state index in [2.05, 4.69) is 5.10 Å². The van der Waals surface area contributed by atoms with Crippen molar-refractivity contribution in [2.45, 2.75) is 32.3 Å². The fourth-order valence-electron chi connectivity index (χ4n) is 3.02. The van der Waals surface area contributed by atoms with Gasteiger partial charge in [0.15, 0.2) is 0 Å². The van der Waals surface area contributed by atoms with Crippen LogP contribution in [0.3, 0.4) is 0 Å². The minimum atomic E-state index is -0.0874. The summed E-state index contributed by atoms with van der Waals surface area (Å²) in [6.45, 7) is 4.32. The van der Waals surface area contributed by atoms with Gasteiger partial charge < -0.3 is 9.64 Å². The Hall–Kier alpha value is -2.21. The van der Waals surface area contributed by atoms with Gasteiger partial charge in [0, 0.05) is 32.4 Å². The first-order valence-corrected chi connectivity index (χ1v) is 8.46. The van der Waals surface area contributed by atoms with E-state index in [9.17, 15) is 9.59 Å². The summed E-state index contributed by atoms with van der Waals surface area (Å²) in [6.07, 6.45) is 1.26. The summed E-state index contributed by atoms with van der Waals surface area (Å²) >= 11 is 0. The highest BCUT2D eigenvalue weighted by Crippen LogP contribution is 2.15. The number of benzene rings is 1. The molecule has 0 aromatic heterocycles. The first kappa shape index (κ1) is 16.6. The lowest BCUT2D eigenvalue weighted by atomic mass is 10.1. The zero-order valence-corrected chi connectivity index (χ0v) is 14.0. The summed E-state index contributed by atoms with van der Waals surface area (Å²) in [4.78, 5) is 26.3. The van der Waals surface area contributed by atoms with Crippen LogP contribution in [-0.2, 0) is 14.3 Å². The van der Waals surface area contributed by atoms with Crippen LogP contribution in [0, 0.1) is 0 Å². The maximum absolute atomic E-state index is 12.3. The Bertz CT molecular complexity index is 630. The van der Waals surface area contributed by atoms with Gasteiger partial charge in [0.1, 0.15) is 0 Å². The summed E-state index contributed by atoms with van der Waals surface area (Å²) in [5, 5.41) is 5.91. The number of morpholine rings is 1. The monoisotopic (exact) mass is 329 g/mol. The molecule has 128 valence electrons. The van der Waals surface area contributed by atoms with E-state index >= 15 is 0 Å². The maximum atomic E-state index is 12.3. The molecule has 1 aromatic rings. The van der Waals surface area contributed by atoms with E-state index in [-0.39, 0.29) is 30.8 Å². The van der Waals surface area contributed by atoms with Gasteiger partial charge in [-0.1, -0.05) is 30.3 Å². The molecule has 2 aliphatic rings. The molecule has 0 N–H and O–H groups in total. The molecule has 0 saturated carbocycles. The number of hydrazone groups is 1. The maximum Gasteiger partial charge on any atom is 0.243 e. The number of hydrogen-bond donors (Lipinski definition) is 0. The molecule has 1 aromatic carbocycles. The van der Waals surface area contributed by atoms with Crippen LogP contribution in [0.15, 0.2) is 35.4 Å². The van der Waals surface area contributed by atoms with Crippen molar-refractivity contribution in [1.82, 2.24) is 9.91 Å². The van der Waals surface area contributed by atoms with Crippen molar-refractivity contribution >= 4 is 17.5 Å². The molecule has 2 heterocycles. The van der Waals surface area contributed by atoms with Crippen LogP contribution in [-0.4, -0.2) is 59.8 Å². The minimum Gasteiger partial charge on any atom is -0.375 e. The van der Waals surface area contributed by atoms with E-state index < -0.39 is 0 Å². The summed E-state index contributed by atoms with van der Waals surface area (Å²) in [7, 11) is 0. The van der Waals surface area contributed by atoms with Crippen molar-refractivity contribution < 1.29 is 14.3 Å². The van der Waals surface area contributed by atoms with Gasteiger partial charge in [0.25, 0.3) is 0 Å². The lowest BCUT2D eigenvalue weighted by molar-refractivity contribution is -0.141. The van der Waals surface area contributed by atoms with Crippen molar-refractivity contribution in [3.63, 3.8) is 0 Å². The van der Waals surface area contributed by atoms with Crippen LogP contribution in [0.1, 0.15) is 31.7 Å². The second kappa shape index (κ2) is 7.57. The van der Waals surface area contributed by atoms with E-state index in [4.69, 9.17) is 4.74 Å². The minimum absolute atomic E-state index is 0.0185. The predicted octanol–water partition coefficient (Wildman–Crippen LogP) is 1.65. The normalized spacial score (nSPS) is 20.9. The Morgan fingerprint density at radius 2 is 1.92 bits per heavy atom. The number of nitrogens with zero attached hydrogens (tertiary/aromatic N) is 3. The van der Waals surface area contributed by atoms with Crippen LogP contribution < -0.4 is 0 Å². The van der Waals surface area contributed by atoms with Crippen LogP contribution in [0.2, 0.25) is 0 Å². The van der Waals surface area contributed by atoms with Crippen LogP contribution in [0.4, 0.5) is 0 Å². The molecule has 6 heteroatoms. The quantitative estimate of drug-likeness (QED) is 0.844. The first-order chi connectivity index (χ1) is 11.6. The van der Waals surface area contributed by atoms with Crippen molar-refractivity contribution in [3.8, 4) is 0 Å². The number of hydrogen-bond acceptors (Lipinski definition) is 4. The number of amides is 2. The summed E-state index contributed by atoms with van der Waals surface area (Å²) < 4.78 is 5.43. The van der Waals surface area contributed by atoms with E-state index in [0.717, 1.165) is 17.7 Å². The fraction of sp³-hybridized carbons (Fsp3) is 0.500. The zero-order valence-electron chi connectivity index (χ0n) is 14.0. The molecule has 0 radical (unpaired) electrons. The Balaban J connectivity index is 1.51. The van der Waals surface area contributed by atoms with Gasteiger partial charge in [0.05, 0.1) is 25.0 Å². The lowest BCUT2D eigenvalue weighted by Crippen LogP contribution is -2.44. The third-order valence-electron chi connectivity index (χ3n) is 4.34. The van der Waals surface area contributed by atoms with Crippen molar-refractivity contribution in [2.24, 2.45) is 5.10 Å². The van der Waals surface area contributed by atoms with Crippen molar-refractivity contribution in [1.29, 1.82) is 0 Å². The molecule has 1 fully saturated rings. The Kier molecular flexibility index (Phi) is 5.25. The average Bonchev–Trinajstić information content (AvgIpc) is 3.10. The van der Waals surface area contributed by atoms with Gasteiger partial charge in [0.2, 0.25) is 11.8 Å². The average molecular weight is 329 g/mol. The van der Waals surface area contributed by atoms with Crippen LogP contribution >= 0.6 is 0 Å². The van der Waals surface area contributed by atoms with E-state index in [1.165, 1.54) is 5.01 Å². The van der Waals surface area contributed by atoms with E-state index in [1.807, 2.05) is 37.3 Å². The van der Waals surface area contributed by atoms with Gasteiger partial charge in [-0.05, 0) is 12.5 Å². The molecule has 1 saturated heterocycles. The molecule has 2 aliphatic heterocycles. The van der Waals surface area contributed by atoms with Gasteiger partial charge in [-0.3, -0.25) is 9.59 Å². The summed E-state index contributed by atoms with van der Waals surface area (Å²) in [5.74, 6) is -0.0689. The molecule has 1 atom stereocenters. The topological polar surface area (TPSA) is 62.2 Å². The first-order valence-electron chi connectivity index (χ1n) is 8.46. The second-order valence-electron chi connectivity index (χ2n) is 6.20. The number of rotatable bonds is 4. The third kappa shape index (κ3) is 4.00. The van der Waals surface area contributed by atoms with Crippen molar-refractivity contribution in [3.05, 3.63) is 35.9 Å². The summed E-state index contributed by atoms with van der Waals surface area (Å²) in [5.41, 5.74) is 1.98. The van der Waals surface area contributed by atoms with Gasteiger partial charge in [-0.2, -0.15) is 5.10 Å². The molecular formula is C18H23N3O3. The Morgan fingerprint density at radius 1 is 1.17 bits per heavy atom. The largest absolute Gasteiger partial charge is 0.375 e. The highest BCUT2D eigenvalue weighted by atomic mass is 16.5. The zero-order chi connectivity index (χ0) is 16.9. The molecule has 1 unspecified atom stereocenters. The van der Waals surface area contributed by atoms with Crippen molar-refractivity contribution in [2.75, 3.05) is 26.2 Å². The number of ether oxygens (including phenoxy) is 1. The predicted molar refractivity (Wildman–Crippen MR) is 90.5 cm³/mol. The highest BCUT2D eigenvalue weighted by Gasteiger charge is 2.25. The van der Waals surface area contributed by atoms with Gasteiger partial charge in [-0.15, -0.1) is 0 Å².